The standard InChI is InChI=1S/C19H20Cl2O6/c20-12-4-10(5-13(21)7-12)9-26-14-3-1-2-11(6-14)19-18(25)17(24)16(23)15(8-22)27-19/h1-7,15-19,22-25H,8-9H2/t15-,16-,17+,18+,19?/m1/s1. The van der Waals surface area contributed by atoms with Crippen LogP contribution in [0.2, 0.25) is 10.0 Å². The van der Waals surface area contributed by atoms with Crippen molar-refractivity contribution in [1.29, 1.82) is 0 Å². The molecule has 1 unspecified atom stereocenters. The summed E-state index contributed by atoms with van der Waals surface area (Å²) in [6, 6.07) is 11.9. The first-order chi connectivity index (χ1) is 12.9. The van der Waals surface area contributed by atoms with Gasteiger partial charge in [0.05, 0.1) is 6.61 Å². The maximum absolute atomic E-state index is 10.2. The molecule has 0 spiro atoms. The summed E-state index contributed by atoms with van der Waals surface area (Å²) in [6.07, 6.45) is -6.05. The van der Waals surface area contributed by atoms with E-state index in [1.54, 1.807) is 42.5 Å². The van der Waals surface area contributed by atoms with E-state index in [9.17, 15) is 20.4 Å². The lowest BCUT2D eigenvalue weighted by Crippen LogP contribution is -2.55. The highest BCUT2D eigenvalue weighted by atomic mass is 35.5. The van der Waals surface area contributed by atoms with E-state index in [0.717, 1.165) is 5.56 Å². The molecule has 0 aliphatic carbocycles. The van der Waals surface area contributed by atoms with Crippen molar-refractivity contribution in [3.8, 4) is 5.75 Å². The molecule has 4 N–H and O–H groups in total. The Bertz CT molecular complexity index is 764. The van der Waals surface area contributed by atoms with Gasteiger partial charge in [0.15, 0.2) is 0 Å². The van der Waals surface area contributed by atoms with E-state index in [2.05, 4.69) is 0 Å². The molecular formula is C19H20Cl2O6. The molecule has 5 atom stereocenters. The average Bonchev–Trinajstić information content (AvgIpc) is 2.64. The normalized spacial score (nSPS) is 28.1. The van der Waals surface area contributed by atoms with E-state index in [4.69, 9.17) is 32.7 Å². The molecule has 2 aromatic rings. The van der Waals surface area contributed by atoms with Crippen molar-refractivity contribution in [2.45, 2.75) is 37.1 Å². The smallest absolute Gasteiger partial charge is 0.120 e. The van der Waals surface area contributed by atoms with Crippen molar-refractivity contribution < 1.29 is 29.9 Å². The van der Waals surface area contributed by atoms with Crippen LogP contribution in [0.1, 0.15) is 17.2 Å². The lowest BCUT2D eigenvalue weighted by atomic mass is 9.91. The maximum atomic E-state index is 10.2. The van der Waals surface area contributed by atoms with Crippen molar-refractivity contribution in [2.24, 2.45) is 0 Å². The summed E-state index contributed by atoms with van der Waals surface area (Å²) in [5.41, 5.74) is 1.35. The fraction of sp³-hybridized carbons (Fsp3) is 0.368. The Hall–Kier alpha value is -1.38. The Morgan fingerprint density at radius 1 is 0.926 bits per heavy atom. The number of ether oxygens (including phenoxy) is 2. The van der Waals surface area contributed by atoms with Crippen LogP contribution in [0.4, 0.5) is 0 Å². The van der Waals surface area contributed by atoms with Crippen LogP contribution in [-0.4, -0.2) is 51.4 Å². The fourth-order valence-electron chi connectivity index (χ4n) is 3.02. The highest BCUT2D eigenvalue weighted by molar-refractivity contribution is 6.34. The molecule has 0 saturated carbocycles. The Morgan fingerprint density at radius 3 is 2.30 bits per heavy atom. The quantitative estimate of drug-likeness (QED) is 0.597. The molecule has 0 amide bonds. The molecule has 3 rings (SSSR count). The number of rotatable bonds is 5. The molecule has 146 valence electrons. The minimum absolute atomic E-state index is 0.235. The van der Waals surface area contributed by atoms with Crippen molar-refractivity contribution in [2.75, 3.05) is 6.61 Å². The summed E-state index contributed by atoms with van der Waals surface area (Å²) >= 11 is 12.0. The van der Waals surface area contributed by atoms with Crippen LogP contribution in [0, 0.1) is 0 Å². The van der Waals surface area contributed by atoms with Gasteiger partial charge in [0.25, 0.3) is 0 Å². The number of hydrogen-bond donors (Lipinski definition) is 4. The highest BCUT2D eigenvalue weighted by Crippen LogP contribution is 2.33. The van der Waals surface area contributed by atoms with Crippen molar-refractivity contribution in [3.63, 3.8) is 0 Å². The minimum Gasteiger partial charge on any atom is -0.489 e. The van der Waals surface area contributed by atoms with Gasteiger partial charge in [-0.3, -0.25) is 0 Å². The van der Waals surface area contributed by atoms with Gasteiger partial charge in [0.2, 0.25) is 0 Å². The number of halogens is 2. The van der Waals surface area contributed by atoms with Crippen molar-refractivity contribution in [3.05, 3.63) is 63.6 Å². The Kier molecular flexibility index (Phi) is 6.60. The first-order valence-electron chi connectivity index (χ1n) is 8.37. The SMILES string of the molecule is OC[C@H]1OC(c2cccc(OCc3cc(Cl)cc(Cl)c3)c2)[C@@H](O)[C@@H](O)[C@@H]1O. The minimum atomic E-state index is -1.43. The molecule has 1 heterocycles. The number of benzene rings is 2. The zero-order valence-electron chi connectivity index (χ0n) is 14.2. The van der Waals surface area contributed by atoms with Crippen molar-refractivity contribution in [1.82, 2.24) is 0 Å². The number of hydrogen-bond acceptors (Lipinski definition) is 6. The summed E-state index contributed by atoms with van der Waals surface area (Å²) < 4.78 is 11.3. The lowest BCUT2D eigenvalue weighted by molar-refractivity contribution is -0.231. The molecule has 8 heteroatoms. The molecule has 1 fully saturated rings. The van der Waals surface area contributed by atoms with Gasteiger partial charge < -0.3 is 29.9 Å². The van der Waals surface area contributed by atoms with Gasteiger partial charge in [-0.25, -0.2) is 0 Å². The zero-order valence-corrected chi connectivity index (χ0v) is 15.7. The summed E-state index contributed by atoms with van der Waals surface area (Å²) in [5, 5.41) is 40.4. The van der Waals surface area contributed by atoms with Gasteiger partial charge in [0.1, 0.15) is 42.9 Å². The van der Waals surface area contributed by atoms with Crippen LogP contribution in [-0.2, 0) is 11.3 Å². The predicted molar refractivity (Wildman–Crippen MR) is 100.0 cm³/mol. The van der Waals surface area contributed by atoms with E-state index < -0.39 is 37.1 Å². The molecule has 1 aliphatic heterocycles. The molecule has 1 aliphatic rings. The van der Waals surface area contributed by atoms with Crippen LogP contribution in [0.3, 0.4) is 0 Å². The lowest BCUT2D eigenvalue weighted by Gasteiger charge is -2.40. The van der Waals surface area contributed by atoms with Crippen LogP contribution in [0.15, 0.2) is 42.5 Å². The van der Waals surface area contributed by atoms with Crippen LogP contribution < -0.4 is 4.74 Å². The second-order valence-corrected chi connectivity index (χ2v) is 7.26. The third-order valence-corrected chi connectivity index (χ3v) is 4.84. The van der Waals surface area contributed by atoms with Gasteiger partial charge in [0, 0.05) is 10.0 Å². The third-order valence-electron chi connectivity index (χ3n) is 4.41. The Morgan fingerprint density at radius 2 is 1.63 bits per heavy atom. The molecule has 2 aromatic carbocycles. The zero-order chi connectivity index (χ0) is 19.6. The molecule has 27 heavy (non-hydrogen) atoms. The van der Waals surface area contributed by atoms with E-state index in [1.165, 1.54) is 0 Å². The second kappa shape index (κ2) is 8.75. The average molecular weight is 415 g/mol. The summed E-state index contributed by atoms with van der Waals surface area (Å²) in [6.45, 7) is -0.244. The van der Waals surface area contributed by atoms with Crippen LogP contribution in [0.25, 0.3) is 0 Å². The summed E-state index contributed by atoms with van der Waals surface area (Å²) in [7, 11) is 0. The van der Waals surface area contributed by atoms with E-state index in [-0.39, 0.29) is 6.61 Å². The first-order valence-corrected chi connectivity index (χ1v) is 9.13. The number of aliphatic hydroxyl groups excluding tert-OH is 4. The molecule has 0 aromatic heterocycles. The topological polar surface area (TPSA) is 99.4 Å². The largest absolute Gasteiger partial charge is 0.489 e. The highest BCUT2D eigenvalue weighted by Gasteiger charge is 2.43. The van der Waals surface area contributed by atoms with Crippen LogP contribution in [0.5, 0.6) is 5.75 Å². The maximum Gasteiger partial charge on any atom is 0.120 e. The third kappa shape index (κ3) is 4.73. The molecule has 0 bridgehead atoms. The van der Waals surface area contributed by atoms with Gasteiger partial charge in [-0.15, -0.1) is 0 Å². The fourth-order valence-corrected chi connectivity index (χ4v) is 3.59. The molecular weight excluding hydrogens is 395 g/mol. The van der Waals surface area contributed by atoms with Gasteiger partial charge in [-0.05, 0) is 41.5 Å². The Labute approximate surface area is 166 Å². The number of aliphatic hydroxyl groups is 4. The molecule has 6 nitrogen and oxygen atoms in total. The second-order valence-electron chi connectivity index (χ2n) is 6.39. The first kappa shape index (κ1) is 20.4. The van der Waals surface area contributed by atoms with E-state index >= 15 is 0 Å². The van der Waals surface area contributed by atoms with Crippen molar-refractivity contribution >= 4 is 23.2 Å². The van der Waals surface area contributed by atoms with Crippen LogP contribution >= 0.6 is 23.2 Å². The summed E-state index contributed by atoms with van der Waals surface area (Å²) in [5.74, 6) is 0.514. The Balaban J connectivity index is 1.74. The van der Waals surface area contributed by atoms with Gasteiger partial charge in [-0.2, -0.15) is 0 Å². The molecule has 0 radical (unpaired) electrons. The summed E-state index contributed by atoms with van der Waals surface area (Å²) in [4.78, 5) is 0. The molecule has 1 saturated heterocycles. The van der Waals surface area contributed by atoms with E-state index in [0.29, 0.717) is 21.4 Å². The van der Waals surface area contributed by atoms with E-state index in [1.807, 2.05) is 0 Å². The van der Waals surface area contributed by atoms with Gasteiger partial charge in [-0.1, -0.05) is 35.3 Å². The van der Waals surface area contributed by atoms with Gasteiger partial charge >= 0.3 is 0 Å². The predicted octanol–water partition coefficient (Wildman–Crippen LogP) is 2.09. The monoisotopic (exact) mass is 414 g/mol.